The second kappa shape index (κ2) is 7.70. The third-order valence-corrected chi connectivity index (χ3v) is 5.97. The molecule has 1 fully saturated rings. The molecule has 4 N–H and O–H groups in total. The predicted molar refractivity (Wildman–Crippen MR) is 104 cm³/mol. The zero-order valence-electron chi connectivity index (χ0n) is 14.8. The zero-order chi connectivity index (χ0) is 18.8. The molecule has 0 unspecified atom stereocenters. The van der Waals surface area contributed by atoms with E-state index in [0.29, 0.717) is 5.17 Å². The second-order valence-electron chi connectivity index (χ2n) is 6.83. The Hall–Kier alpha value is -2.01. The third kappa shape index (κ3) is 3.88. The average Bonchev–Trinajstić information content (AvgIpc) is 2.98. The van der Waals surface area contributed by atoms with Crippen molar-refractivity contribution in [1.82, 2.24) is 5.32 Å². The highest BCUT2D eigenvalue weighted by Gasteiger charge is 2.50. The summed E-state index contributed by atoms with van der Waals surface area (Å²) >= 11 is 1.43. The number of carbonyl (C=O) groups is 1. The number of terminal acetylenes is 1. The summed E-state index contributed by atoms with van der Waals surface area (Å²) in [6.45, 7) is 4.19. The summed E-state index contributed by atoms with van der Waals surface area (Å²) in [5.74, 6) is 1.71. The lowest BCUT2D eigenvalue weighted by Crippen LogP contribution is -2.54. The molecule has 138 valence electrons. The number of aliphatic imine (C=N–C) groups is 1. The maximum absolute atomic E-state index is 12.4. The summed E-state index contributed by atoms with van der Waals surface area (Å²) in [6.07, 6.45) is 3.43. The van der Waals surface area contributed by atoms with Gasteiger partial charge in [-0.2, -0.15) is 0 Å². The van der Waals surface area contributed by atoms with Crippen LogP contribution < -0.4 is 10.6 Å². The molecular weight excluding hydrogens is 350 g/mol. The van der Waals surface area contributed by atoms with Crippen molar-refractivity contribution in [2.45, 2.75) is 43.8 Å². The standard InChI is InChI=1S/C19H23N3O3S/c1-4-5-20-18(25)13-9-14(23)16(24)15-17(13)26-19(22-15)21-12-7-10(2)6-11(3)8-12/h1,6-8,13-17,23-24H,5,9H2,2-3H3,(H,20,25)(H,21,22)/t13-,14+,15+,16-,17+/m0/s1. The Morgan fingerprint density at radius 1 is 1.35 bits per heavy atom. The van der Waals surface area contributed by atoms with Crippen LogP contribution in [-0.2, 0) is 4.79 Å². The Kier molecular flexibility index (Phi) is 5.56. The van der Waals surface area contributed by atoms with Gasteiger partial charge in [0.05, 0.1) is 24.6 Å². The largest absolute Gasteiger partial charge is 0.390 e. The van der Waals surface area contributed by atoms with Crippen molar-refractivity contribution in [3.8, 4) is 12.3 Å². The minimum absolute atomic E-state index is 0.143. The highest BCUT2D eigenvalue weighted by molar-refractivity contribution is 8.15. The van der Waals surface area contributed by atoms with Crippen LogP contribution in [-0.4, -0.2) is 51.3 Å². The quantitative estimate of drug-likeness (QED) is 0.594. The van der Waals surface area contributed by atoms with Gasteiger partial charge < -0.3 is 20.8 Å². The van der Waals surface area contributed by atoms with Crippen LogP contribution in [0.2, 0.25) is 0 Å². The number of amides is 1. The first kappa shape index (κ1) is 18.8. The van der Waals surface area contributed by atoms with E-state index in [-0.39, 0.29) is 24.1 Å². The number of carbonyl (C=O) groups excluding carboxylic acids is 1. The summed E-state index contributed by atoms with van der Waals surface area (Å²) in [5, 5.41) is 26.8. The molecule has 1 aliphatic carbocycles. The maximum Gasteiger partial charge on any atom is 0.225 e. The topological polar surface area (TPSA) is 94.0 Å². The number of thioether (sulfide) groups is 1. The van der Waals surface area contributed by atoms with Crippen LogP contribution in [0.1, 0.15) is 17.5 Å². The van der Waals surface area contributed by atoms with E-state index in [9.17, 15) is 15.0 Å². The summed E-state index contributed by atoms with van der Waals surface area (Å²) < 4.78 is 0. The van der Waals surface area contributed by atoms with Crippen molar-refractivity contribution >= 4 is 28.5 Å². The predicted octanol–water partition coefficient (Wildman–Crippen LogP) is 1.05. The Morgan fingerprint density at radius 3 is 2.69 bits per heavy atom. The zero-order valence-corrected chi connectivity index (χ0v) is 15.6. The molecule has 3 rings (SSSR count). The van der Waals surface area contributed by atoms with Gasteiger partial charge >= 0.3 is 0 Å². The van der Waals surface area contributed by atoms with Crippen molar-refractivity contribution in [3.63, 3.8) is 0 Å². The second-order valence-corrected chi connectivity index (χ2v) is 8.00. The van der Waals surface area contributed by atoms with Gasteiger partial charge in [-0.3, -0.25) is 9.79 Å². The van der Waals surface area contributed by atoms with Crippen molar-refractivity contribution in [1.29, 1.82) is 0 Å². The van der Waals surface area contributed by atoms with Gasteiger partial charge in [0, 0.05) is 10.9 Å². The van der Waals surface area contributed by atoms with Gasteiger partial charge in [-0.15, -0.1) is 6.42 Å². The lowest BCUT2D eigenvalue weighted by Gasteiger charge is -2.37. The molecule has 1 amide bonds. The van der Waals surface area contributed by atoms with E-state index in [1.54, 1.807) is 0 Å². The van der Waals surface area contributed by atoms with Gasteiger partial charge in [0.1, 0.15) is 6.10 Å². The van der Waals surface area contributed by atoms with Crippen LogP contribution in [0, 0.1) is 32.1 Å². The summed E-state index contributed by atoms with van der Waals surface area (Å²) in [6, 6.07) is 5.58. The molecule has 1 aliphatic heterocycles. The van der Waals surface area contributed by atoms with Crippen LogP contribution in [0.15, 0.2) is 23.2 Å². The van der Waals surface area contributed by atoms with Gasteiger partial charge in [-0.25, -0.2) is 0 Å². The van der Waals surface area contributed by atoms with Crippen molar-refractivity contribution in [2.24, 2.45) is 10.9 Å². The van der Waals surface area contributed by atoms with E-state index < -0.39 is 24.2 Å². The van der Waals surface area contributed by atoms with E-state index >= 15 is 0 Å². The van der Waals surface area contributed by atoms with Crippen molar-refractivity contribution in [3.05, 3.63) is 29.3 Å². The number of aryl methyl sites for hydroxylation is 2. The fourth-order valence-corrected chi connectivity index (χ4v) is 4.93. The molecule has 1 aromatic rings. The van der Waals surface area contributed by atoms with E-state index in [2.05, 4.69) is 27.6 Å². The first-order valence-electron chi connectivity index (χ1n) is 8.56. The fourth-order valence-electron chi connectivity index (χ4n) is 3.55. The molecular formula is C19H23N3O3S. The molecule has 1 saturated carbocycles. The number of hydrogen-bond acceptors (Lipinski definition) is 6. The number of nitrogens with zero attached hydrogens (tertiary/aromatic N) is 1. The molecule has 1 heterocycles. The first-order valence-corrected chi connectivity index (χ1v) is 9.44. The Labute approximate surface area is 157 Å². The minimum Gasteiger partial charge on any atom is -0.390 e. The van der Waals surface area contributed by atoms with Gasteiger partial charge in [0.25, 0.3) is 0 Å². The molecule has 0 radical (unpaired) electrons. The molecule has 0 saturated heterocycles. The van der Waals surface area contributed by atoms with Crippen LogP contribution in [0.3, 0.4) is 0 Å². The monoisotopic (exact) mass is 373 g/mol. The number of benzene rings is 1. The Balaban J connectivity index is 1.78. The lowest BCUT2D eigenvalue weighted by atomic mass is 9.81. The minimum atomic E-state index is -0.984. The van der Waals surface area contributed by atoms with Gasteiger partial charge in [0.15, 0.2) is 5.17 Å². The molecule has 6 nitrogen and oxygen atoms in total. The van der Waals surface area contributed by atoms with E-state index in [4.69, 9.17) is 6.42 Å². The van der Waals surface area contributed by atoms with E-state index in [1.165, 1.54) is 11.8 Å². The molecule has 2 aliphatic rings. The highest BCUT2D eigenvalue weighted by Crippen LogP contribution is 2.41. The van der Waals surface area contributed by atoms with Gasteiger partial charge in [-0.1, -0.05) is 23.7 Å². The normalized spacial score (nSPS) is 30.1. The van der Waals surface area contributed by atoms with Crippen LogP contribution in [0.5, 0.6) is 0 Å². The molecule has 0 spiro atoms. The van der Waals surface area contributed by atoms with Crippen molar-refractivity contribution in [2.75, 3.05) is 11.9 Å². The number of amidine groups is 1. The number of hydrogen-bond donors (Lipinski definition) is 4. The SMILES string of the molecule is C#CCNC(=O)[C@H]1C[C@@H](O)[C@H](O)[C@H]2N=C(Nc3cc(C)cc(C)c3)S[C@@H]21. The number of rotatable bonds is 3. The molecule has 0 bridgehead atoms. The fraction of sp³-hybridized carbons (Fsp3) is 0.474. The number of fused-ring (bicyclic) bond motifs is 1. The Morgan fingerprint density at radius 2 is 2.04 bits per heavy atom. The van der Waals surface area contributed by atoms with Crippen LogP contribution >= 0.6 is 11.8 Å². The number of nitrogens with one attached hydrogen (secondary N) is 2. The summed E-state index contributed by atoms with van der Waals surface area (Å²) in [5.41, 5.74) is 3.18. The molecule has 5 atom stereocenters. The summed E-state index contributed by atoms with van der Waals surface area (Å²) in [4.78, 5) is 17.0. The van der Waals surface area contributed by atoms with Gasteiger partial charge in [-0.05, 0) is 43.5 Å². The molecule has 7 heteroatoms. The smallest absolute Gasteiger partial charge is 0.225 e. The summed E-state index contributed by atoms with van der Waals surface area (Å²) in [7, 11) is 0. The van der Waals surface area contributed by atoms with Crippen LogP contribution in [0.25, 0.3) is 0 Å². The Bertz CT molecular complexity index is 754. The number of aliphatic hydroxyl groups is 2. The first-order chi connectivity index (χ1) is 12.4. The van der Waals surface area contributed by atoms with Crippen molar-refractivity contribution < 1.29 is 15.0 Å². The van der Waals surface area contributed by atoms with Crippen LogP contribution in [0.4, 0.5) is 5.69 Å². The average molecular weight is 373 g/mol. The molecule has 0 aromatic heterocycles. The number of aliphatic hydroxyl groups excluding tert-OH is 2. The highest BCUT2D eigenvalue weighted by atomic mass is 32.2. The lowest BCUT2D eigenvalue weighted by molar-refractivity contribution is -0.129. The number of anilines is 1. The van der Waals surface area contributed by atoms with E-state index in [0.717, 1.165) is 16.8 Å². The third-order valence-electron chi connectivity index (χ3n) is 4.66. The maximum atomic E-state index is 12.4. The van der Waals surface area contributed by atoms with Gasteiger partial charge in [0.2, 0.25) is 5.91 Å². The molecule has 26 heavy (non-hydrogen) atoms. The molecule has 1 aromatic carbocycles. The van der Waals surface area contributed by atoms with E-state index in [1.807, 2.05) is 26.0 Å².